The van der Waals surface area contributed by atoms with Crippen molar-refractivity contribution in [3.8, 4) is 51.0 Å². The number of rotatable bonds is 7. The molecule has 7 heteroatoms. The van der Waals surface area contributed by atoms with Gasteiger partial charge in [-0.05, 0) is 77.2 Å². The molecule has 0 spiro atoms. The van der Waals surface area contributed by atoms with E-state index in [1.54, 1.807) is 11.3 Å². The second-order valence-electron chi connectivity index (χ2n) is 16.5. The Morgan fingerprint density at radius 1 is 0.462 bits per heavy atom. The molecule has 1 aliphatic carbocycles. The maximum absolute atomic E-state index is 5.21. The summed E-state index contributed by atoms with van der Waals surface area (Å²) in [7, 11) is 0. The number of nitrogens with zero attached hydrogens (tertiary/aromatic N) is 5. The van der Waals surface area contributed by atoms with Gasteiger partial charge in [0.15, 0.2) is 17.5 Å². The first-order valence-corrected chi connectivity index (χ1v) is 23.5. The molecule has 4 heterocycles. The number of hydrogen-bond acceptors (Lipinski definition) is 6. The van der Waals surface area contributed by atoms with E-state index in [1.807, 2.05) is 29.5 Å². The van der Waals surface area contributed by atoms with Crippen LogP contribution in [0.25, 0.3) is 108 Å². The Bertz CT molecular complexity index is 3860. The minimum absolute atomic E-state index is 0.136. The van der Waals surface area contributed by atoms with Crippen molar-refractivity contribution < 1.29 is 0 Å². The summed E-state index contributed by atoms with van der Waals surface area (Å²) in [6.45, 7) is 0. The maximum atomic E-state index is 5.21. The lowest BCUT2D eigenvalue weighted by molar-refractivity contribution is 0.761. The zero-order valence-corrected chi connectivity index (χ0v) is 36.6. The number of aromatic nitrogens is 5. The largest absolute Gasteiger partial charge is 0.296 e. The van der Waals surface area contributed by atoms with Gasteiger partial charge in [-0.1, -0.05) is 158 Å². The highest BCUT2D eigenvalue weighted by molar-refractivity contribution is 7.26. The highest BCUT2D eigenvalue weighted by Crippen LogP contribution is 2.43. The molecule has 0 aliphatic heterocycles. The average Bonchev–Trinajstić information content (AvgIpc) is 4.08. The van der Waals surface area contributed by atoms with Crippen LogP contribution >= 0.6 is 22.7 Å². The molecule has 13 rings (SSSR count). The molecular weight excluding hydrogens is 831 g/mol. The van der Waals surface area contributed by atoms with E-state index in [-0.39, 0.29) is 5.92 Å². The van der Waals surface area contributed by atoms with Gasteiger partial charge >= 0.3 is 0 Å². The van der Waals surface area contributed by atoms with E-state index in [2.05, 4.69) is 193 Å². The smallest absolute Gasteiger partial charge is 0.164 e. The summed E-state index contributed by atoms with van der Waals surface area (Å²) in [6.07, 6.45) is 7.89. The summed E-state index contributed by atoms with van der Waals surface area (Å²) in [5, 5.41) is 4.94. The average molecular weight is 868 g/mol. The predicted octanol–water partition coefficient (Wildman–Crippen LogP) is 15.7. The Morgan fingerprint density at radius 2 is 1.11 bits per heavy atom. The Hall–Kier alpha value is -7.84. The van der Waals surface area contributed by atoms with Gasteiger partial charge in [-0.15, -0.1) is 22.7 Å². The number of fused-ring (bicyclic) bond motifs is 7. The molecule has 1 atom stereocenters. The third kappa shape index (κ3) is 6.50. The number of hydrogen-bond donors (Lipinski definition) is 0. The molecule has 306 valence electrons. The molecular formula is C58H37N5S2. The maximum Gasteiger partial charge on any atom is 0.164 e. The zero-order chi connectivity index (χ0) is 42.8. The number of imidazole rings is 1. The van der Waals surface area contributed by atoms with Crippen LogP contribution in [0.1, 0.15) is 23.7 Å². The summed E-state index contributed by atoms with van der Waals surface area (Å²) in [4.78, 5) is 20.6. The van der Waals surface area contributed by atoms with Crippen molar-refractivity contribution >= 4 is 79.6 Å². The van der Waals surface area contributed by atoms with Gasteiger partial charge in [0.2, 0.25) is 0 Å². The van der Waals surface area contributed by atoms with Gasteiger partial charge in [0.1, 0.15) is 5.82 Å². The first-order valence-electron chi connectivity index (χ1n) is 21.9. The van der Waals surface area contributed by atoms with Crippen LogP contribution < -0.4 is 0 Å². The highest BCUT2D eigenvalue weighted by atomic mass is 32.1. The van der Waals surface area contributed by atoms with Crippen molar-refractivity contribution in [2.75, 3.05) is 0 Å². The van der Waals surface area contributed by atoms with E-state index in [9.17, 15) is 0 Å². The van der Waals surface area contributed by atoms with Crippen LogP contribution in [-0.4, -0.2) is 24.5 Å². The molecule has 0 fully saturated rings. The van der Waals surface area contributed by atoms with Crippen LogP contribution in [0.5, 0.6) is 0 Å². The van der Waals surface area contributed by atoms with Crippen LogP contribution in [0.3, 0.4) is 0 Å². The number of para-hydroxylation sites is 3. The van der Waals surface area contributed by atoms with Crippen LogP contribution in [0, 0.1) is 0 Å². The summed E-state index contributed by atoms with van der Waals surface area (Å²) in [5.74, 6) is 3.17. The van der Waals surface area contributed by atoms with Gasteiger partial charge in [-0.2, -0.15) is 0 Å². The lowest BCUT2D eigenvalue weighted by Crippen LogP contribution is -2.08. The fourth-order valence-corrected chi connectivity index (χ4v) is 11.9. The lowest BCUT2D eigenvalue weighted by Gasteiger charge is -2.19. The van der Waals surface area contributed by atoms with Gasteiger partial charge < -0.3 is 0 Å². The molecule has 8 aromatic carbocycles. The second kappa shape index (κ2) is 15.5. The van der Waals surface area contributed by atoms with E-state index in [0.717, 1.165) is 51.2 Å². The topological polar surface area (TPSA) is 56.5 Å². The monoisotopic (exact) mass is 867 g/mol. The molecule has 0 bridgehead atoms. The third-order valence-electron chi connectivity index (χ3n) is 12.6. The van der Waals surface area contributed by atoms with Crippen molar-refractivity contribution in [2.45, 2.75) is 12.3 Å². The second-order valence-corrected chi connectivity index (χ2v) is 18.7. The molecule has 0 saturated carbocycles. The Labute approximate surface area is 383 Å². The number of benzene rings is 8. The third-order valence-corrected chi connectivity index (χ3v) is 15.0. The van der Waals surface area contributed by atoms with Crippen molar-refractivity contribution in [3.05, 3.63) is 218 Å². The number of allylic oxidation sites excluding steroid dienone is 4. The van der Waals surface area contributed by atoms with Crippen molar-refractivity contribution in [3.63, 3.8) is 0 Å². The van der Waals surface area contributed by atoms with Crippen molar-refractivity contribution in [1.29, 1.82) is 0 Å². The van der Waals surface area contributed by atoms with Crippen molar-refractivity contribution in [2.24, 2.45) is 0 Å². The minimum Gasteiger partial charge on any atom is -0.296 e. The molecule has 0 radical (unpaired) electrons. The molecule has 0 N–H and O–H groups in total. The van der Waals surface area contributed by atoms with E-state index < -0.39 is 0 Å². The lowest BCUT2D eigenvalue weighted by atomic mass is 9.91. The van der Waals surface area contributed by atoms with Crippen LogP contribution in [0.2, 0.25) is 0 Å². The van der Waals surface area contributed by atoms with Gasteiger partial charge in [-0.3, -0.25) is 4.57 Å². The molecule has 1 unspecified atom stereocenters. The summed E-state index contributed by atoms with van der Waals surface area (Å²) in [5.41, 5.74) is 11.0. The molecule has 1 aliphatic rings. The standard InChI is InChI=1S/C58H37N5S2/c1-3-14-37(15-4-1)55-60-56(62-57(61-55)46-23-13-27-52-53(46)45-20-7-10-26-50(45)64-52)38-30-28-36(29-31-38)43-21-12-22-44-47-35-40(32-33-51(47)65-54(43)44)39-16-11-17-41(34-39)58-59-48-24-8-9-25-49(48)63(58)42-18-5-2-6-19-42/h1-16,18-35,41H,17H2. The minimum atomic E-state index is 0.136. The summed E-state index contributed by atoms with van der Waals surface area (Å²) in [6, 6.07) is 66.6. The quantitative estimate of drug-likeness (QED) is 0.160. The molecule has 4 aromatic heterocycles. The fourth-order valence-electron chi connectivity index (χ4n) is 9.50. The summed E-state index contributed by atoms with van der Waals surface area (Å²) >= 11 is 3.66. The molecule has 5 nitrogen and oxygen atoms in total. The van der Waals surface area contributed by atoms with E-state index in [1.165, 1.54) is 57.0 Å². The first kappa shape index (κ1) is 37.7. The SMILES string of the molecule is C1=CC(c2ccc3sc4c(-c5ccc(-c6nc(-c7ccccc7)nc(-c7cccc8sc9ccccc9c78)n6)cc5)cccc4c3c2)=CC(c2nc3ccccc3n2-c2ccccc2)C1. The van der Waals surface area contributed by atoms with Crippen LogP contribution in [0.15, 0.2) is 206 Å². The molecule has 0 amide bonds. The highest BCUT2D eigenvalue weighted by Gasteiger charge is 2.23. The fraction of sp³-hybridized carbons (Fsp3) is 0.0345. The first-order chi connectivity index (χ1) is 32.2. The molecule has 0 saturated heterocycles. The Morgan fingerprint density at radius 3 is 1.97 bits per heavy atom. The molecule has 65 heavy (non-hydrogen) atoms. The zero-order valence-electron chi connectivity index (χ0n) is 35.0. The van der Waals surface area contributed by atoms with E-state index in [4.69, 9.17) is 19.9 Å². The van der Waals surface area contributed by atoms with Gasteiger partial charge in [-0.25, -0.2) is 19.9 Å². The van der Waals surface area contributed by atoms with Crippen LogP contribution in [-0.2, 0) is 0 Å². The van der Waals surface area contributed by atoms with E-state index >= 15 is 0 Å². The van der Waals surface area contributed by atoms with E-state index in [0.29, 0.717) is 17.5 Å². The Balaban J connectivity index is 0.861. The summed E-state index contributed by atoms with van der Waals surface area (Å²) < 4.78 is 7.35. The van der Waals surface area contributed by atoms with Gasteiger partial charge in [0.05, 0.1) is 11.0 Å². The predicted molar refractivity (Wildman–Crippen MR) is 273 cm³/mol. The van der Waals surface area contributed by atoms with Crippen molar-refractivity contribution in [1.82, 2.24) is 24.5 Å². The van der Waals surface area contributed by atoms with Crippen LogP contribution in [0.4, 0.5) is 0 Å². The van der Waals surface area contributed by atoms with Gasteiger partial charge in [0.25, 0.3) is 0 Å². The molecule has 12 aromatic rings. The number of thiophene rings is 2. The normalized spacial score (nSPS) is 14.0. The van der Waals surface area contributed by atoms with Gasteiger partial charge in [0, 0.05) is 68.6 Å². The Kier molecular flexibility index (Phi) is 8.96.